The number of nitrogens with one attached hydrogen (secondary N) is 3. The Morgan fingerprint density at radius 3 is 2.47 bits per heavy atom. The zero-order chi connectivity index (χ0) is 34.7. The van der Waals surface area contributed by atoms with Gasteiger partial charge in [0.15, 0.2) is 5.82 Å². The standard InChI is InChI=1S/C36H37ClN8O4/c1-21-24(25-9-7-11-27(33(25)37)43-36(47)34-41-29-20-44(2)15-13-30(29)45(34)3)8-6-10-26(21)42-35(46)28-17-31(49-5)22(18-39-28)19-40-32-16-23(48-4)12-14-38-32/h6-12,14,16-18H,13,15,19-20H2,1-5H3,(H,38,40)(H,42,46)(H,43,47). The third kappa shape index (κ3) is 7.06. The molecule has 0 spiro atoms. The van der Waals surface area contributed by atoms with E-state index in [0.29, 0.717) is 58.2 Å². The van der Waals surface area contributed by atoms with Gasteiger partial charge < -0.3 is 34.9 Å². The third-order valence-electron chi connectivity index (χ3n) is 8.59. The van der Waals surface area contributed by atoms with Crippen molar-refractivity contribution in [1.29, 1.82) is 0 Å². The second kappa shape index (κ2) is 14.3. The number of ether oxygens (including phenoxy) is 2. The fourth-order valence-corrected chi connectivity index (χ4v) is 6.13. The number of hydrogen-bond acceptors (Lipinski definition) is 9. The minimum Gasteiger partial charge on any atom is -0.497 e. The monoisotopic (exact) mass is 680 g/mol. The lowest BCUT2D eigenvalue weighted by atomic mass is 9.98. The highest BCUT2D eigenvalue weighted by molar-refractivity contribution is 6.36. The van der Waals surface area contributed by atoms with E-state index in [1.54, 1.807) is 50.9 Å². The number of fused-ring (bicyclic) bond motifs is 1. The summed E-state index contributed by atoms with van der Waals surface area (Å²) in [5.41, 5.74) is 6.27. The van der Waals surface area contributed by atoms with Crippen LogP contribution < -0.4 is 25.4 Å². The molecule has 0 saturated heterocycles. The molecule has 3 N–H and O–H groups in total. The number of anilines is 3. The summed E-state index contributed by atoms with van der Waals surface area (Å²) in [5.74, 6) is 1.42. The van der Waals surface area contributed by atoms with E-state index in [2.05, 4.69) is 35.8 Å². The molecule has 3 aromatic heterocycles. The molecule has 0 saturated carbocycles. The van der Waals surface area contributed by atoms with Crippen LogP contribution >= 0.6 is 11.6 Å². The van der Waals surface area contributed by atoms with Crippen molar-refractivity contribution in [3.8, 4) is 22.6 Å². The number of likely N-dealkylation sites (N-methyl/N-ethyl adjacent to an activating group) is 1. The number of imidazole rings is 1. The molecule has 12 nitrogen and oxygen atoms in total. The highest BCUT2D eigenvalue weighted by Gasteiger charge is 2.25. The quantitative estimate of drug-likeness (QED) is 0.163. The van der Waals surface area contributed by atoms with E-state index in [1.165, 1.54) is 0 Å². The SMILES string of the molecule is COc1ccnc(NCc2cnc(C(=O)Nc3cccc(-c4cccc(NC(=O)c5nc6c(n5C)CCN(C)C6)c4Cl)c3C)cc2OC)c1. The van der Waals surface area contributed by atoms with Crippen LogP contribution in [0.15, 0.2) is 67.0 Å². The summed E-state index contributed by atoms with van der Waals surface area (Å²) in [6.45, 7) is 3.89. The van der Waals surface area contributed by atoms with Gasteiger partial charge in [0.1, 0.15) is 23.0 Å². The van der Waals surface area contributed by atoms with Crippen LogP contribution in [-0.4, -0.2) is 64.0 Å². The number of hydrogen-bond donors (Lipinski definition) is 3. The maximum absolute atomic E-state index is 13.4. The number of methoxy groups -OCH3 is 2. The molecular formula is C36H37ClN8O4. The fourth-order valence-electron chi connectivity index (χ4n) is 5.86. The van der Waals surface area contributed by atoms with Crippen molar-refractivity contribution in [2.75, 3.05) is 43.8 Å². The molecule has 0 aliphatic carbocycles. The van der Waals surface area contributed by atoms with Gasteiger partial charge in [0, 0.05) is 80.1 Å². The van der Waals surface area contributed by atoms with Gasteiger partial charge in [-0.3, -0.25) is 14.6 Å². The Bertz CT molecular complexity index is 2050. The zero-order valence-corrected chi connectivity index (χ0v) is 28.7. The van der Waals surface area contributed by atoms with Crippen LogP contribution in [0.5, 0.6) is 11.5 Å². The molecule has 0 radical (unpaired) electrons. The van der Waals surface area contributed by atoms with Gasteiger partial charge >= 0.3 is 0 Å². The minimum atomic E-state index is -0.399. The lowest BCUT2D eigenvalue weighted by molar-refractivity contribution is 0.100. The molecule has 1 aliphatic heterocycles. The smallest absolute Gasteiger partial charge is 0.291 e. The summed E-state index contributed by atoms with van der Waals surface area (Å²) in [6, 6.07) is 16.2. The predicted octanol–water partition coefficient (Wildman–Crippen LogP) is 5.96. The third-order valence-corrected chi connectivity index (χ3v) is 9.00. The van der Waals surface area contributed by atoms with Crippen molar-refractivity contribution in [3.63, 3.8) is 0 Å². The highest BCUT2D eigenvalue weighted by atomic mass is 35.5. The molecule has 4 heterocycles. The van der Waals surface area contributed by atoms with Crippen molar-refractivity contribution >= 4 is 40.6 Å². The van der Waals surface area contributed by atoms with Crippen LogP contribution in [0.2, 0.25) is 5.02 Å². The molecule has 13 heteroatoms. The van der Waals surface area contributed by atoms with E-state index in [9.17, 15) is 9.59 Å². The molecule has 0 bridgehead atoms. The largest absolute Gasteiger partial charge is 0.497 e. The van der Waals surface area contributed by atoms with Crippen molar-refractivity contribution in [2.24, 2.45) is 7.05 Å². The van der Waals surface area contributed by atoms with Crippen LogP contribution in [0, 0.1) is 6.92 Å². The number of aromatic nitrogens is 4. The van der Waals surface area contributed by atoms with Gasteiger partial charge in [-0.05, 0) is 43.3 Å². The molecule has 5 aromatic rings. The van der Waals surface area contributed by atoms with Gasteiger partial charge in [0.2, 0.25) is 0 Å². The Morgan fingerprint density at radius 1 is 0.939 bits per heavy atom. The normalized spacial score (nSPS) is 12.6. The lowest BCUT2D eigenvalue weighted by Crippen LogP contribution is -2.27. The van der Waals surface area contributed by atoms with Gasteiger partial charge in [-0.1, -0.05) is 35.9 Å². The number of amides is 2. The average molecular weight is 681 g/mol. The van der Waals surface area contributed by atoms with Gasteiger partial charge in [0.05, 0.1) is 30.6 Å². The zero-order valence-electron chi connectivity index (χ0n) is 27.9. The summed E-state index contributed by atoms with van der Waals surface area (Å²) in [7, 11) is 7.04. The first-order valence-electron chi connectivity index (χ1n) is 15.7. The van der Waals surface area contributed by atoms with Gasteiger partial charge in [-0.15, -0.1) is 0 Å². The summed E-state index contributed by atoms with van der Waals surface area (Å²) >= 11 is 6.91. The summed E-state index contributed by atoms with van der Waals surface area (Å²) in [6.07, 6.45) is 4.08. The Balaban J connectivity index is 1.18. The van der Waals surface area contributed by atoms with Gasteiger partial charge in [-0.2, -0.15) is 0 Å². The maximum Gasteiger partial charge on any atom is 0.291 e. The first kappa shape index (κ1) is 33.4. The number of benzene rings is 2. The molecule has 6 rings (SSSR count). The van der Waals surface area contributed by atoms with Gasteiger partial charge in [-0.25, -0.2) is 9.97 Å². The molecule has 2 amide bonds. The molecular weight excluding hydrogens is 644 g/mol. The first-order chi connectivity index (χ1) is 23.7. The van der Waals surface area contributed by atoms with Crippen molar-refractivity contribution in [2.45, 2.75) is 26.4 Å². The number of carbonyl (C=O) groups is 2. The summed E-state index contributed by atoms with van der Waals surface area (Å²) in [5, 5.41) is 9.52. The Labute approximate surface area is 289 Å². The minimum absolute atomic E-state index is 0.190. The number of rotatable bonds is 10. The number of carbonyl (C=O) groups excluding carboxylic acids is 2. The molecule has 1 aliphatic rings. The van der Waals surface area contributed by atoms with Crippen molar-refractivity contribution in [3.05, 3.63) is 106 Å². The van der Waals surface area contributed by atoms with Crippen LogP contribution in [0.3, 0.4) is 0 Å². The topological polar surface area (TPSA) is 136 Å². The average Bonchev–Trinajstić information content (AvgIpc) is 3.44. The number of nitrogens with zero attached hydrogens (tertiary/aromatic N) is 5. The number of pyridine rings is 2. The molecule has 2 aromatic carbocycles. The fraction of sp³-hybridized carbons (Fsp3) is 0.250. The van der Waals surface area contributed by atoms with E-state index >= 15 is 0 Å². The van der Waals surface area contributed by atoms with E-state index in [1.807, 2.05) is 55.9 Å². The Morgan fingerprint density at radius 2 is 1.69 bits per heavy atom. The predicted molar refractivity (Wildman–Crippen MR) is 190 cm³/mol. The molecule has 0 atom stereocenters. The molecule has 49 heavy (non-hydrogen) atoms. The van der Waals surface area contributed by atoms with E-state index in [-0.39, 0.29) is 11.6 Å². The second-order valence-corrected chi connectivity index (χ2v) is 12.1. The summed E-state index contributed by atoms with van der Waals surface area (Å²) < 4.78 is 12.7. The summed E-state index contributed by atoms with van der Waals surface area (Å²) in [4.78, 5) is 42.3. The Hall–Kier alpha value is -5.46. The molecule has 252 valence electrons. The van der Waals surface area contributed by atoms with Gasteiger partial charge in [0.25, 0.3) is 11.8 Å². The molecule has 0 fully saturated rings. The van der Waals surface area contributed by atoms with E-state index in [0.717, 1.165) is 41.0 Å². The van der Waals surface area contributed by atoms with Crippen LogP contribution in [0.4, 0.5) is 17.2 Å². The van der Waals surface area contributed by atoms with Crippen molar-refractivity contribution < 1.29 is 19.1 Å². The van der Waals surface area contributed by atoms with Crippen LogP contribution in [-0.2, 0) is 26.6 Å². The van der Waals surface area contributed by atoms with Crippen molar-refractivity contribution in [1.82, 2.24) is 24.4 Å². The highest BCUT2D eigenvalue weighted by Crippen LogP contribution is 2.38. The second-order valence-electron chi connectivity index (χ2n) is 11.7. The van der Waals surface area contributed by atoms with E-state index < -0.39 is 5.91 Å². The van der Waals surface area contributed by atoms with Crippen LogP contribution in [0.25, 0.3) is 11.1 Å². The van der Waals surface area contributed by atoms with E-state index in [4.69, 9.17) is 21.1 Å². The Kier molecular flexibility index (Phi) is 9.79. The number of halogens is 1. The maximum atomic E-state index is 13.4. The lowest BCUT2D eigenvalue weighted by Gasteiger charge is -2.21. The first-order valence-corrected chi connectivity index (χ1v) is 16.1. The van der Waals surface area contributed by atoms with Crippen LogP contribution in [0.1, 0.15) is 43.6 Å². The molecule has 0 unspecified atom stereocenters.